The standard InChI is InChI=1S/C12H16N2O3S/c1-2-3-4-7-18(15,16)12-14-10-8-9(13)5-6-11(10)17-12/h5-6,8H,2-4,7,13H2,1H3. The predicted octanol–water partition coefficient (Wildman–Crippen LogP) is 2.37. The Balaban J connectivity index is 2.30. The zero-order valence-electron chi connectivity index (χ0n) is 10.2. The molecule has 0 aliphatic rings. The molecule has 0 atom stereocenters. The van der Waals surface area contributed by atoms with Crippen molar-refractivity contribution in [2.75, 3.05) is 11.5 Å². The van der Waals surface area contributed by atoms with Gasteiger partial charge in [0, 0.05) is 5.69 Å². The van der Waals surface area contributed by atoms with E-state index in [2.05, 4.69) is 4.98 Å². The van der Waals surface area contributed by atoms with Crippen molar-refractivity contribution in [3.63, 3.8) is 0 Å². The summed E-state index contributed by atoms with van der Waals surface area (Å²) in [6, 6.07) is 4.88. The molecule has 1 heterocycles. The van der Waals surface area contributed by atoms with Crippen LogP contribution in [-0.2, 0) is 9.84 Å². The van der Waals surface area contributed by atoms with Gasteiger partial charge in [0.1, 0.15) is 5.52 Å². The van der Waals surface area contributed by atoms with E-state index in [1.165, 1.54) is 0 Å². The van der Waals surface area contributed by atoms with Crippen LogP contribution in [-0.4, -0.2) is 19.2 Å². The van der Waals surface area contributed by atoms with Crippen molar-refractivity contribution in [2.45, 2.75) is 31.4 Å². The van der Waals surface area contributed by atoms with Gasteiger partial charge >= 0.3 is 5.22 Å². The molecule has 0 saturated carbocycles. The topological polar surface area (TPSA) is 86.2 Å². The molecule has 5 nitrogen and oxygen atoms in total. The fraction of sp³-hybridized carbons (Fsp3) is 0.417. The lowest BCUT2D eigenvalue weighted by Gasteiger charge is -1.97. The number of benzene rings is 1. The molecule has 2 rings (SSSR count). The number of nitrogen functional groups attached to an aromatic ring is 1. The van der Waals surface area contributed by atoms with Gasteiger partial charge in [-0.3, -0.25) is 0 Å². The van der Waals surface area contributed by atoms with Gasteiger partial charge in [-0.25, -0.2) is 8.42 Å². The highest BCUT2D eigenvalue weighted by molar-refractivity contribution is 7.91. The maximum Gasteiger partial charge on any atom is 0.316 e. The average Bonchev–Trinajstić information content (AvgIpc) is 2.72. The molecule has 2 N–H and O–H groups in total. The molecule has 0 saturated heterocycles. The van der Waals surface area contributed by atoms with E-state index in [-0.39, 0.29) is 11.0 Å². The van der Waals surface area contributed by atoms with Gasteiger partial charge in [0.25, 0.3) is 0 Å². The summed E-state index contributed by atoms with van der Waals surface area (Å²) >= 11 is 0. The van der Waals surface area contributed by atoms with Crippen molar-refractivity contribution in [2.24, 2.45) is 0 Å². The van der Waals surface area contributed by atoms with Gasteiger partial charge in [0.15, 0.2) is 5.58 Å². The summed E-state index contributed by atoms with van der Waals surface area (Å²) in [5.41, 5.74) is 7.06. The first-order chi connectivity index (χ1) is 8.53. The molecule has 2 aromatic rings. The summed E-state index contributed by atoms with van der Waals surface area (Å²) in [6.45, 7) is 2.02. The van der Waals surface area contributed by atoms with Gasteiger partial charge < -0.3 is 10.2 Å². The Morgan fingerprint density at radius 1 is 1.33 bits per heavy atom. The second-order valence-corrected chi connectivity index (χ2v) is 6.22. The van der Waals surface area contributed by atoms with Gasteiger partial charge in [0.2, 0.25) is 9.84 Å². The minimum atomic E-state index is -3.43. The van der Waals surface area contributed by atoms with Crippen LogP contribution in [0.5, 0.6) is 0 Å². The van der Waals surface area contributed by atoms with Crippen molar-refractivity contribution in [1.29, 1.82) is 0 Å². The van der Waals surface area contributed by atoms with Crippen LogP contribution < -0.4 is 5.73 Å². The molecular formula is C12H16N2O3S. The lowest BCUT2D eigenvalue weighted by molar-refractivity contribution is 0.457. The first kappa shape index (κ1) is 12.9. The summed E-state index contributed by atoms with van der Waals surface area (Å²) in [6.07, 6.45) is 2.48. The molecule has 18 heavy (non-hydrogen) atoms. The van der Waals surface area contributed by atoms with Crippen LogP contribution in [0.15, 0.2) is 27.8 Å². The number of nitrogens with zero attached hydrogens (tertiary/aromatic N) is 1. The number of oxazole rings is 1. The highest BCUT2D eigenvalue weighted by atomic mass is 32.2. The van der Waals surface area contributed by atoms with Crippen LogP contribution in [0, 0.1) is 0 Å². The Labute approximate surface area is 106 Å². The summed E-state index contributed by atoms with van der Waals surface area (Å²) in [5.74, 6) is 0.0726. The molecule has 0 bridgehead atoms. The maximum absolute atomic E-state index is 12.0. The van der Waals surface area contributed by atoms with Crippen LogP contribution in [0.4, 0.5) is 5.69 Å². The van der Waals surface area contributed by atoms with Gasteiger partial charge in [-0.15, -0.1) is 0 Å². The Morgan fingerprint density at radius 3 is 2.83 bits per heavy atom. The fourth-order valence-electron chi connectivity index (χ4n) is 1.69. The third-order valence-electron chi connectivity index (χ3n) is 2.67. The number of aromatic nitrogens is 1. The Morgan fingerprint density at radius 2 is 2.11 bits per heavy atom. The Hall–Kier alpha value is -1.56. The van der Waals surface area contributed by atoms with E-state index in [1.807, 2.05) is 6.92 Å². The van der Waals surface area contributed by atoms with Crippen LogP contribution in [0.1, 0.15) is 26.2 Å². The van der Waals surface area contributed by atoms with Crippen molar-refractivity contribution in [3.8, 4) is 0 Å². The van der Waals surface area contributed by atoms with E-state index in [9.17, 15) is 8.42 Å². The number of anilines is 1. The number of hydrogen-bond donors (Lipinski definition) is 1. The quantitative estimate of drug-likeness (QED) is 0.664. The third-order valence-corrected chi connectivity index (χ3v) is 4.21. The number of hydrogen-bond acceptors (Lipinski definition) is 5. The van der Waals surface area contributed by atoms with E-state index in [0.29, 0.717) is 23.2 Å². The first-order valence-corrected chi connectivity index (χ1v) is 7.57. The smallest absolute Gasteiger partial charge is 0.316 e. The average molecular weight is 268 g/mol. The Bertz CT molecular complexity index is 646. The molecule has 0 fully saturated rings. The van der Waals surface area contributed by atoms with Gasteiger partial charge in [-0.2, -0.15) is 4.98 Å². The van der Waals surface area contributed by atoms with Crippen LogP contribution in [0.2, 0.25) is 0 Å². The second-order valence-electron chi connectivity index (χ2n) is 4.23. The van der Waals surface area contributed by atoms with Crippen molar-refractivity contribution in [1.82, 2.24) is 4.98 Å². The molecule has 0 unspecified atom stereocenters. The minimum absolute atomic E-state index is 0.0726. The molecule has 0 amide bonds. The second kappa shape index (κ2) is 4.97. The number of sulfone groups is 1. The predicted molar refractivity (Wildman–Crippen MR) is 70.0 cm³/mol. The lowest BCUT2D eigenvalue weighted by atomic mass is 10.3. The highest BCUT2D eigenvalue weighted by Crippen LogP contribution is 2.22. The molecule has 0 aliphatic heterocycles. The normalized spacial score (nSPS) is 12.1. The van der Waals surface area contributed by atoms with Gasteiger partial charge in [-0.1, -0.05) is 19.8 Å². The summed E-state index contributed by atoms with van der Waals surface area (Å²) in [7, 11) is -3.43. The minimum Gasteiger partial charge on any atom is -0.428 e. The number of fused-ring (bicyclic) bond motifs is 1. The summed E-state index contributed by atoms with van der Waals surface area (Å²) in [4.78, 5) is 3.99. The van der Waals surface area contributed by atoms with E-state index in [4.69, 9.17) is 10.2 Å². The molecule has 0 aliphatic carbocycles. The number of unbranched alkanes of at least 4 members (excludes halogenated alkanes) is 2. The molecular weight excluding hydrogens is 252 g/mol. The third kappa shape index (κ3) is 2.64. The SMILES string of the molecule is CCCCCS(=O)(=O)c1nc2cc(N)ccc2o1. The van der Waals surface area contributed by atoms with Crippen LogP contribution in [0.25, 0.3) is 11.1 Å². The number of rotatable bonds is 5. The number of nitrogens with two attached hydrogens (primary N) is 1. The van der Waals surface area contributed by atoms with Crippen LogP contribution >= 0.6 is 0 Å². The summed E-state index contributed by atoms with van der Waals surface area (Å²) < 4.78 is 29.2. The molecule has 1 aromatic heterocycles. The maximum atomic E-state index is 12.0. The van der Waals surface area contributed by atoms with Crippen LogP contribution in [0.3, 0.4) is 0 Å². The van der Waals surface area contributed by atoms with E-state index in [0.717, 1.165) is 12.8 Å². The largest absolute Gasteiger partial charge is 0.428 e. The van der Waals surface area contributed by atoms with E-state index >= 15 is 0 Å². The van der Waals surface area contributed by atoms with E-state index < -0.39 is 9.84 Å². The first-order valence-electron chi connectivity index (χ1n) is 5.92. The fourth-order valence-corrected chi connectivity index (χ4v) is 2.90. The monoisotopic (exact) mass is 268 g/mol. The van der Waals surface area contributed by atoms with Crippen molar-refractivity contribution in [3.05, 3.63) is 18.2 Å². The summed E-state index contributed by atoms with van der Waals surface area (Å²) in [5, 5.41) is -0.209. The molecule has 1 aromatic carbocycles. The molecule has 0 spiro atoms. The van der Waals surface area contributed by atoms with Crippen molar-refractivity contribution >= 4 is 26.6 Å². The molecule has 98 valence electrons. The van der Waals surface area contributed by atoms with Gasteiger partial charge in [-0.05, 0) is 24.6 Å². The lowest BCUT2D eigenvalue weighted by Crippen LogP contribution is -2.06. The van der Waals surface area contributed by atoms with Gasteiger partial charge in [0.05, 0.1) is 5.75 Å². The molecule has 6 heteroatoms. The zero-order chi connectivity index (χ0) is 13.2. The Kier molecular flexibility index (Phi) is 3.56. The van der Waals surface area contributed by atoms with Crippen molar-refractivity contribution < 1.29 is 12.8 Å². The highest BCUT2D eigenvalue weighted by Gasteiger charge is 2.21. The zero-order valence-corrected chi connectivity index (χ0v) is 11.0. The van der Waals surface area contributed by atoms with E-state index in [1.54, 1.807) is 18.2 Å². The molecule has 0 radical (unpaired) electrons.